The van der Waals surface area contributed by atoms with Gasteiger partial charge in [-0.15, -0.1) is 0 Å². The summed E-state index contributed by atoms with van der Waals surface area (Å²) in [6.07, 6.45) is 5.43. The molecule has 0 fully saturated rings. The Balaban J connectivity index is 3.23. The van der Waals surface area contributed by atoms with Crippen molar-refractivity contribution in [2.75, 3.05) is 6.54 Å². The van der Waals surface area contributed by atoms with Crippen LogP contribution in [0.3, 0.4) is 0 Å². The highest BCUT2D eigenvalue weighted by molar-refractivity contribution is 6.82. The molecule has 3 unspecified atom stereocenters. The van der Waals surface area contributed by atoms with E-state index in [1.807, 2.05) is 12.1 Å². The summed E-state index contributed by atoms with van der Waals surface area (Å²) < 4.78 is 26.6. The van der Waals surface area contributed by atoms with Crippen molar-refractivity contribution in [1.82, 2.24) is 10.6 Å². The molecule has 0 radical (unpaired) electrons. The van der Waals surface area contributed by atoms with E-state index in [0.717, 1.165) is 37.5 Å². The number of carbonyl (C=O) groups is 1. The molecule has 0 aliphatic heterocycles. The highest BCUT2D eigenvalue weighted by Crippen LogP contribution is 2.53. The Kier molecular flexibility index (Phi) is 13.7. The minimum Gasteiger partial charge on any atom is -0.467 e. The van der Waals surface area contributed by atoms with Gasteiger partial charge in [0.25, 0.3) is 0 Å². The molecular weight excluding hydrogens is 569 g/mol. The van der Waals surface area contributed by atoms with Crippen molar-refractivity contribution in [3.63, 3.8) is 0 Å². The molecule has 1 aromatic rings. The summed E-state index contributed by atoms with van der Waals surface area (Å²) in [7, 11) is -8.21. The number of hydrogen-bond acceptors (Lipinski definition) is 5. The molecule has 0 aliphatic rings. The number of carbonyl (C=O) groups excluding carboxylic acids is 1. The molecule has 0 aromatic carbocycles. The van der Waals surface area contributed by atoms with Crippen molar-refractivity contribution in [1.29, 1.82) is 0 Å². The SMILES string of the molecule is CCC(O[Si](C)(C)O[Si](C)(C)C)C(C)(CC)[Si@](C)(CCCNC(=O)NCc1ccco1)OC(C)(CC)[Si](C)(C)C. The number of rotatable bonds is 18. The molecule has 2 N–H and O–H groups in total. The topological polar surface area (TPSA) is 82.0 Å². The Hall–Kier alpha value is -0.702. The molecule has 4 atom stereocenters. The van der Waals surface area contributed by atoms with Crippen molar-refractivity contribution in [2.45, 2.75) is 148 Å². The predicted molar refractivity (Wildman–Crippen MR) is 179 cm³/mol. The minimum absolute atomic E-state index is 0.0551. The molecule has 0 spiro atoms. The second kappa shape index (κ2) is 14.7. The van der Waals surface area contributed by atoms with Gasteiger partial charge in [-0.25, -0.2) is 4.79 Å². The van der Waals surface area contributed by atoms with Crippen molar-refractivity contribution in [3.05, 3.63) is 24.2 Å². The van der Waals surface area contributed by atoms with Gasteiger partial charge in [0.05, 0.1) is 27.0 Å². The molecule has 0 aliphatic carbocycles. The lowest BCUT2D eigenvalue weighted by molar-refractivity contribution is 0.0731. The summed E-state index contributed by atoms with van der Waals surface area (Å²) in [5.41, 5.74) is 0. The number of amides is 2. The van der Waals surface area contributed by atoms with E-state index in [4.69, 9.17) is 17.4 Å². The fraction of sp³-hybridized carbons (Fsp3) is 0.828. The zero-order valence-electron chi connectivity index (χ0n) is 28.3. The van der Waals surface area contributed by atoms with E-state index in [-0.39, 0.29) is 22.4 Å². The summed E-state index contributed by atoms with van der Waals surface area (Å²) in [6.45, 7) is 33.4. The lowest BCUT2D eigenvalue weighted by Gasteiger charge is -2.55. The first-order valence-corrected chi connectivity index (χ1v) is 27.6. The van der Waals surface area contributed by atoms with Crippen molar-refractivity contribution >= 4 is 39.3 Å². The van der Waals surface area contributed by atoms with E-state index in [1.165, 1.54) is 0 Å². The molecule has 1 rings (SSSR count). The average molecular weight is 631 g/mol. The molecule has 234 valence electrons. The van der Waals surface area contributed by atoms with Crippen LogP contribution in [0.25, 0.3) is 0 Å². The molecule has 11 heteroatoms. The zero-order chi connectivity index (χ0) is 31.0. The monoisotopic (exact) mass is 630 g/mol. The fourth-order valence-electron chi connectivity index (χ4n) is 5.69. The summed E-state index contributed by atoms with van der Waals surface area (Å²) in [5, 5.41) is 5.66. The average Bonchev–Trinajstić information content (AvgIpc) is 3.34. The van der Waals surface area contributed by atoms with Gasteiger partial charge in [0, 0.05) is 16.8 Å². The van der Waals surface area contributed by atoms with E-state index in [0.29, 0.717) is 13.1 Å². The smallest absolute Gasteiger partial charge is 0.321 e. The van der Waals surface area contributed by atoms with Crippen molar-refractivity contribution in [3.8, 4) is 0 Å². The van der Waals surface area contributed by atoms with E-state index < -0.39 is 33.3 Å². The molecular formula is C29H62N2O5Si4. The van der Waals surface area contributed by atoms with Crippen LogP contribution in [0.1, 0.15) is 66.1 Å². The molecule has 0 bridgehead atoms. The van der Waals surface area contributed by atoms with Gasteiger partial charge < -0.3 is 28.0 Å². The summed E-state index contributed by atoms with van der Waals surface area (Å²) in [6, 6.07) is 4.45. The van der Waals surface area contributed by atoms with Gasteiger partial charge in [-0.2, -0.15) is 0 Å². The Bertz CT molecular complexity index is 903. The third-order valence-electron chi connectivity index (χ3n) is 8.83. The third kappa shape index (κ3) is 10.5. The first-order chi connectivity index (χ1) is 18.2. The van der Waals surface area contributed by atoms with E-state index >= 15 is 0 Å². The van der Waals surface area contributed by atoms with Gasteiger partial charge in [0.2, 0.25) is 0 Å². The van der Waals surface area contributed by atoms with Crippen LogP contribution in [0.5, 0.6) is 0 Å². The highest BCUT2D eigenvalue weighted by atomic mass is 28.4. The van der Waals surface area contributed by atoms with Gasteiger partial charge >= 0.3 is 14.6 Å². The summed E-state index contributed by atoms with van der Waals surface area (Å²) in [5.74, 6) is 0.739. The molecule has 7 nitrogen and oxygen atoms in total. The van der Waals surface area contributed by atoms with Crippen LogP contribution in [-0.4, -0.2) is 57.2 Å². The summed E-state index contributed by atoms with van der Waals surface area (Å²) >= 11 is 0. The van der Waals surface area contributed by atoms with E-state index in [1.54, 1.807) is 6.26 Å². The molecule has 0 saturated heterocycles. The molecule has 0 saturated carbocycles. The largest absolute Gasteiger partial charge is 0.467 e. The second-order valence-corrected chi connectivity index (χ2v) is 32.3. The number of furan rings is 1. The maximum Gasteiger partial charge on any atom is 0.321 e. The Morgan fingerprint density at radius 3 is 2.05 bits per heavy atom. The van der Waals surface area contributed by atoms with Crippen LogP contribution >= 0.6 is 0 Å². The maximum atomic E-state index is 12.4. The van der Waals surface area contributed by atoms with Crippen LogP contribution in [0.2, 0.25) is 70.0 Å². The predicted octanol–water partition coefficient (Wildman–Crippen LogP) is 8.63. The highest BCUT2D eigenvalue weighted by Gasteiger charge is 2.57. The Morgan fingerprint density at radius 1 is 0.975 bits per heavy atom. The Labute approximate surface area is 250 Å². The molecule has 1 aromatic heterocycles. The number of hydrogen-bond donors (Lipinski definition) is 2. The molecule has 2 amide bonds. The Morgan fingerprint density at radius 2 is 1.60 bits per heavy atom. The molecule has 1 heterocycles. The van der Waals surface area contributed by atoms with Crippen LogP contribution in [0, 0.1) is 0 Å². The maximum absolute atomic E-state index is 12.4. The van der Waals surface area contributed by atoms with Gasteiger partial charge in [-0.1, -0.05) is 47.3 Å². The van der Waals surface area contributed by atoms with Gasteiger partial charge in [0.1, 0.15) is 5.76 Å². The lowest BCUT2D eigenvalue weighted by atomic mass is 9.98. The van der Waals surface area contributed by atoms with E-state index in [9.17, 15) is 4.79 Å². The first kappa shape index (κ1) is 37.3. The molecule has 40 heavy (non-hydrogen) atoms. The van der Waals surface area contributed by atoms with Crippen LogP contribution in [0.4, 0.5) is 4.79 Å². The summed E-state index contributed by atoms with van der Waals surface area (Å²) in [4.78, 5) is 12.4. The van der Waals surface area contributed by atoms with Gasteiger partial charge in [-0.05, 0) is 90.1 Å². The third-order valence-corrected chi connectivity index (χ3v) is 23.2. The van der Waals surface area contributed by atoms with Crippen LogP contribution in [-0.2, 0) is 19.5 Å². The van der Waals surface area contributed by atoms with Gasteiger partial charge in [0.15, 0.2) is 16.6 Å². The number of nitrogens with one attached hydrogen (secondary N) is 2. The first-order valence-electron chi connectivity index (χ1n) is 15.3. The van der Waals surface area contributed by atoms with Crippen LogP contribution in [0.15, 0.2) is 22.8 Å². The quantitative estimate of drug-likeness (QED) is 0.125. The zero-order valence-corrected chi connectivity index (χ0v) is 32.3. The van der Waals surface area contributed by atoms with Crippen molar-refractivity contribution in [2.24, 2.45) is 0 Å². The van der Waals surface area contributed by atoms with Crippen molar-refractivity contribution < 1.29 is 22.2 Å². The standard InChI is InChI=1S/C29H62N2O5Si4/c1-15-26(34-39(12,13)36-38(9,10)11)28(4,16-2)40(14,35-29(5,17-3)37(6,7)8)23-19-21-30-27(32)31-24-25-20-18-22-33-25/h18,20,22,26H,15-17,19,21,23-24H2,1-14H3,(H2,30,31,32)/t26?,28?,29?,40-/m0/s1. The fourth-order valence-corrected chi connectivity index (χ4v) is 20.6. The van der Waals surface area contributed by atoms with Crippen LogP contribution < -0.4 is 10.6 Å². The minimum atomic E-state index is -2.44. The second-order valence-electron chi connectivity index (χ2n) is 14.4. The van der Waals surface area contributed by atoms with Gasteiger partial charge in [-0.3, -0.25) is 0 Å². The normalized spacial score (nSPS) is 18.4. The number of urea groups is 1. The van der Waals surface area contributed by atoms with E-state index in [2.05, 4.69) is 104 Å². The lowest BCUT2D eigenvalue weighted by Crippen LogP contribution is -2.63.